The number of aromatic nitrogens is 2. The lowest BCUT2D eigenvalue weighted by molar-refractivity contribution is 0.610. The highest BCUT2D eigenvalue weighted by Gasteiger charge is 2.19. The van der Waals surface area contributed by atoms with Crippen molar-refractivity contribution in [2.24, 2.45) is 7.05 Å². The van der Waals surface area contributed by atoms with Gasteiger partial charge >= 0.3 is 0 Å². The second-order valence-electron chi connectivity index (χ2n) is 4.08. The Balaban J connectivity index is 2.62. The summed E-state index contributed by atoms with van der Waals surface area (Å²) in [5.41, 5.74) is 6.74. The lowest BCUT2D eigenvalue weighted by Crippen LogP contribution is -1.99. The van der Waals surface area contributed by atoms with Gasteiger partial charge in [0.1, 0.15) is 22.2 Å². The quantitative estimate of drug-likeness (QED) is 0.631. The summed E-state index contributed by atoms with van der Waals surface area (Å²) in [5, 5.41) is 4.24. The Labute approximate surface area is 129 Å². The zero-order chi connectivity index (χ0) is 15.0. The van der Waals surface area contributed by atoms with Crippen LogP contribution in [0, 0.1) is 5.82 Å². The van der Waals surface area contributed by atoms with Gasteiger partial charge in [0.05, 0.1) is 26.6 Å². The summed E-state index contributed by atoms with van der Waals surface area (Å²) in [6.07, 6.45) is 0. The SMILES string of the molecule is Cn1nc(-c2cc(N)c(Cl)cc2F)c(Br)c1C[SH](=O)=O. The molecule has 9 heteroatoms. The van der Waals surface area contributed by atoms with Gasteiger partial charge in [0.25, 0.3) is 0 Å². The summed E-state index contributed by atoms with van der Waals surface area (Å²) in [7, 11) is -1.03. The van der Waals surface area contributed by atoms with Crippen LogP contribution in [0.1, 0.15) is 5.69 Å². The Bertz CT molecular complexity index is 753. The minimum absolute atomic E-state index is 0.112. The molecule has 2 aromatic rings. The average molecular weight is 383 g/mol. The van der Waals surface area contributed by atoms with Gasteiger partial charge in [-0.2, -0.15) is 5.10 Å². The van der Waals surface area contributed by atoms with E-state index in [1.807, 2.05) is 0 Å². The maximum absolute atomic E-state index is 14.0. The van der Waals surface area contributed by atoms with Gasteiger partial charge < -0.3 is 5.73 Å². The zero-order valence-electron chi connectivity index (χ0n) is 10.2. The summed E-state index contributed by atoms with van der Waals surface area (Å²) < 4.78 is 37.5. The van der Waals surface area contributed by atoms with Crippen molar-refractivity contribution >= 4 is 43.9 Å². The number of halogens is 3. The molecule has 20 heavy (non-hydrogen) atoms. The number of nitrogen functional groups attached to an aromatic ring is 1. The first-order valence-corrected chi connectivity index (χ1v) is 7.92. The average Bonchev–Trinajstić information content (AvgIpc) is 2.61. The lowest BCUT2D eigenvalue weighted by atomic mass is 10.1. The molecule has 0 aliphatic heterocycles. The summed E-state index contributed by atoms with van der Waals surface area (Å²) in [5.74, 6) is -0.773. The fourth-order valence-electron chi connectivity index (χ4n) is 1.75. The third-order valence-electron chi connectivity index (χ3n) is 2.72. The molecule has 0 atom stereocenters. The topological polar surface area (TPSA) is 78.0 Å². The van der Waals surface area contributed by atoms with E-state index in [4.69, 9.17) is 17.3 Å². The highest BCUT2D eigenvalue weighted by atomic mass is 79.9. The maximum Gasteiger partial charge on any atom is 0.145 e. The molecular weight excluding hydrogens is 373 g/mol. The lowest BCUT2D eigenvalue weighted by Gasteiger charge is -2.04. The van der Waals surface area contributed by atoms with Crippen LogP contribution < -0.4 is 5.73 Å². The van der Waals surface area contributed by atoms with Crippen LogP contribution in [0.3, 0.4) is 0 Å². The van der Waals surface area contributed by atoms with E-state index >= 15 is 0 Å². The van der Waals surface area contributed by atoms with Gasteiger partial charge in [-0.15, -0.1) is 0 Å². The molecule has 5 nitrogen and oxygen atoms in total. The standard InChI is InChI=1S/C11H10BrClFN3O2S/c1-17-9(4-20(18)19)10(12)11(16-17)5-2-8(15)6(13)3-7(5)14/h2-3,20H,4,15H2,1H3. The molecule has 0 saturated heterocycles. The molecule has 0 aliphatic rings. The molecule has 0 fully saturated rings. The number of hydrogen-bond acceptors (Lipinski definition) is 4. The first-order chi connectivity index (χ1) is 9.31. The van der Waals surface area contributed by atoms with Crippen molar-refractivity contribution in [2.75, 3.05) is 5.73 Å². The fourth-order valence-corrected chi connectivity index (χ4v) is 3.41. The van der Waals surface area contributed by atoms with Crippen molar-refractivity contribution in [3.05, 3.63) is 33.1 Å². The van der Waals surface area contributed by atoms with Crippen LogP contribution in [0.25, 0.3) is 11.3 Å². The van der Waals surface area contributed by atoms with E-state index in [9.17, 15) is 12.8 Å². The smallest absolute Gasteiger partial charge is 0.145 e. The molecule has 0 aliphatic carbocycles. The molecule has 1 aromatic carbocycles. The molecule has 2 N–H and O–H groups in total. The second kappa shape index (κ2) is 5.71. The Morgan fingerprint density at radius 2 is 2.15 bits per heavy atom. The number of anilines is 1. The van der Waals surface area contributed by atoms with Crippen LogP contribution in [0.15, 0.2) is 16.6 Å². The Morgan fingerprint density at radius 3 is 2.75 bits per heavy atom. The number of nitrogens with two attached hydrogens (primary N) is 1. The number of nitrogens with zero attached hydrogens (tertiary/aromatic N) is 2. The van der Waals surface area contributed by atoms with Gasteiger partial charge in [-0.05, 0) is 28.1 Å². The minimum atomic E-state index is -2.61. The van der Waals surface area contributed by atoms with E-state index in [0.717, 1.165) is 6.07 Å². The van der Waals surface area contributed by atoms with E-state index in [1.165, 1.54) is 10.7 Å². The molecule has 1 heterocycles. The normalized spacial score (nSPS) is 11.2. The predicted molar refractivity (Wildman–Crippen MR) is 79.7 cm³/mol. The van der Waals surface area contributed by atoms with Crippen molar-refractivity contribution in [1.82, 2.24) is 9.78 Å². The molecule has 0 unspecified atom stereocenters. The van der Waals surface area contributed by atoms with Crippen molar-refractivity contribution < 1.29 is 12.8 Å². The largest absolute Gasteiger partial charge is 0.398 e. The third-order valence-corrected chi connectivity index (χ3v) is 4.44. The van der Waals surface area contributed by atoms with Crippen LogP contribution in [-0.2, 0) is 23.5 Å². The summed E-state index contributed by atoms with van der Waals surface area (Å²) in [6.45, 7) is 0. The Morgan fingerprint density at radius 1 is 1.50 bits per heavy atom. The molecule has 2 rings (SSSR count). The van der Waals surface area contributed by atoms with Crippen LogP contribution >= 0.6 is 27.5 Å². The van der Waals surface area contributed by atoms with Gasteiger partial charge in [0.15, 0.2) is 0 Å². The molecule has 0 bridgehead atoms. The van der Waals surface area contributed by atoms with Crippen molar-refractivity contribution in [3.63, 3.8) is 0 Å². The van der Waals surface area contributed by atoms with E-state index < -0.39 is 16.5 Å². The van der Waals surface area contributed by atoms with Crippen molar-refractivity contribution in [3.8, 4) is 11.3 Å². The predicted octanol–water partition coefficient (Wildman–Crippen LogP) is 2.34. The molecule has 1 aromatic heterocycles. The monoisotopic (exact) mass is 381 g/mol. The summed E-state index contributed by atoms with van der Waals surface area (Å²) >= 11 is 8.99. The first kappa shape index (κ1) is 15.3. The van der Waals surface area contributed by atoms with Gasteiger partial charge in [0.2, 0.25) is 0 Å². The van der Waals surface area contributed by atoms with Crippen molar-refractivity contribution in [1.29, 1.82) is 0 Å². The number of hydrogen-bond donors (Lipinski definition) is 2. The van der Waals surface area contributed by atoms with E-state index in [-0.39, 0.29) is 27.7 Å². The molecular formula is C11H10BrClFN3O2S. The first-order valence-electron chi connectivity index (χ1n) is 5.39. The fraction of sp³-hybridized carbons (Fsp3) is 0.182. The van der Waals surface area contributed by atoms with Gasteiger partial charge in [-0.1, -0.05) is 11.6 Å². The van der Waals surface area contributed by atoms with Gasteiger partial charge in [-0.25, -0.2) is 12.8 Å². The van der Waals surface area contributed by atoms with E-state index in [0.29, 0.717) is 10.2 Å². The number of rotatable bonds is 3. The summed E-state index contributed by atoms with van der Waals surface area (Å²) in [4.78, 5) is 0. The highest BCUT2D eigenvalue weighted by Crippen LogP contribution is 2.35. The molecule has 0 saturated carbocycles. The number of thiol groups is 1. The number of aryl methyl sites for hydroxylation is 1. The zero-order valence-corrected chi connectivity index (χ0v) is 13.5. The minimum Gasteiger partial charge on any atom is -0.398 e. The van der Waals surface area contributed by atoms with E-state index in [1.54, 1.807) is 7.05 Å². The molecule has 0 spiro atoms. The molecule has 0 amide bonds. The molecule has 0 radical (unpaired) electrons. The third kappa shape index (κ3) is 2.82. The van der Waals surface area contributed by atoms with Crippen LogP contribution in [0.4, 0.5) is 10.1 Å². The Kier molecular flexibility index (Phi) is 4.36. The number of benzene rings is 1. The van der Waals surface area contributed by atoms with Crippen LogP contribution in [0.2, 0.25) is 5.02 Å². The van der Waals surface area contributed by atoms with E-state index in [2.05, 4.69) is 21.0 Å². The highest BCUT2D eigenvalue weighted by molar-refractivity contribution is 9.10. The van der Waals surface area contributed by atoms with Gasteiger partial charge in [-0.3, -0.25) is 4.68 Å². The van der Waals surface area contributed by atoms with Gasteiger partial charge in [0, 0.05) is 12.6 Å². The molecule has 108 valence electrons. The summed E-state index contributed by atoms with van der Waals surface area (Å²) in [6, 6.07) is 2.47. The Hall–Kier alpha value is -1.12. The van der Waals surface area contributed by atoms with Crippen LogP contribution in [0.5, 0.6) is 0 Å². The van der Waals surface area contributed by atoms with Crippen LogP contribution in [-0.4, -0.2) is 18.2 Å². The maximum atomic E-state index is 14.0. The van der Waals surface area contributed by atoms with Crippen molar-refractivity contribution in [2.45, 2.75) is 5.75 Å². The second-order valence-corrected chi connectivity index (χ2v) is 6.26.